The summed E-state index contributed by atoms with van der Waals surface area (Å²) < 4.78 is 12.1. The molecular weight excluding hydrogens is 444 g/mol. The minimum Gasteiger partial charge on any atom is -0.454 e. The van der Waals surface area contributed by atoms with Crippen LogP contribution < -0.4 is 25.7 Å². The molecule has 1 aliphatic rings. The summed E-state index contributed by atoms with van der Waals surface area (Å²) in [6, 6.07) is 17.5. The topological polar surface area (TPSA) is 94.0 Å². The second kappa shape index (κ2) is 8.84. The molecule has 0 atom stereocenters. The molecule has 0 radical (unpaired) electrons. The average molecular weight is 463 g/mol. The number of aromatic nitrogens is 2. The van der Waals surface area contributed by atoms with E-state index in [1.54, 1.807) is 24.3 Å². The van der Waals surface area contributed by atoms with Crippen LogP contribution in [-0.2, 0) is 13.1 Å². The van der Waals surface area contributed by atoms with E-state index in [1.165, 1.54) is 16.7 Å². The lowest BCUT2D eigenvalue weighted by Gasteiger charge is -2.13. The predicted octanol–water partition coefficient (Wildman–Crippen LogP) is 3.62. The molecule has 8 nitrogen and oxygen atoms in total. The molecule has 166 valence electrons. The molecule has 0 spiro atoms. The quantitative estimate of drug-likeness (QED) is 0.454. The van der Waals surface area contributed by atoms with Gasteiger partial charge in [-0.25, -0.2) is 4.98 Å². The highest BCUT2D eigenvalue weighted by molar-refractivity contribution is 6.30. The number of benzene rings is 2. The molecule has 5 rings (SSSR count). The van der Waals surface area contributed by atoms with Crippen LogP contribution >= 0.6 is 11.6 Å². The van der Waals surface area contributed by atoms with Crippen LogP contribution in [0.1, 0.15) is 21.6 Å². The molecule has 0 bridgehead atoms. The van der Waals surface area contributed by atoms with Gasteiger partial charge in [-0.15, -0.1) is 0 Å². The highest BCUT2D eigenvalue weighted by atomic mass is 35.5. The van der Waals surface area contributed by atoms with E-state index < -0.39 is 0 Å². The number of ether oxygens (including phenoxy) is 2. The average Bonchev–Trinajstić information content (AvgIpc) is 3.30. The highest BCUT2D eigenvalue weighted by Gasteiger charge is 2.15. The highest BCUT2D eigenvalue weighted by Crippen LogP contribution is 2.32. The zero-order valence-electron chi connectivity index (χ0n) is 17.4. The molecule has 2 N–H and O–H groups in total. The van der Waals surface area contributed by atoms with Crippen LogP contribution in [0.25, 0.3) is 5.65 Å². The number of nitrogens with zero attached hydrogens (tertiary/aromatic N) is 2. The van der Waals surface area contributed by atoms with Gasteiger partial charge in [0.05, 0.1) is 22.8 Å². The fraction of sp³-hybridized carbons (Fsp3) is 0.125. The molecule has 2 aromatic carbocycles. The number of para-hydroxylation sites is 1. The van der Waals surface area contributed by atoms with Crippen LogP contribution in [0.4, 0.5) is 5.69 Å². The van der Waals surface area contributed by atoms with Crippen molar-refractivity contribution in [2.75, 3.05) is 12.1 Å². The van der Waals surface area contributed by atoms with E-state index in [4.69, 9.17) is 21.1 Å². The van der Waals surface area contributed by atoms with Gasteiger partial charge in [-0.2, -0.15) is 0 Å². The zero-order chi connectivity index (χ0) is 22.8. The fourth-order valence-corrected chi connectivity index (χ4v) is 3.73. The van der Waals surface area contributed by atoms with E-state index in [0.717, 1.165) is 5.56 Å². The molecular formula is C24H19ClN4O4. The summed E-state index contributed by atoms with van der Waals surface area (Å²) in [5.74, 6) is 1.14. The molecule has 0 unspecified atom stereocenters. The molecule has 3 heterocycles. The summed E-state index contributed by atoms with van der Waals surface area (Å²) in [5.41, 5.74) is 2.85. The minimum atomic E-state index is -0.228. The Morgan fingerprint density at radius 2 is 1.88 bits per heavy atom. The molecule has 0 fully saturated rings. The van der Waals surface area contributed by atoms with Crippen molar-refractivity contribution < 1.29 is 14.3 Å². The first-order valence-electron chi connectivity index (χ1n) is 10.2. The number of hydrogen-bond acceptors (Lipinski definition) is 6. The lowest BCUT2D eigenvalue weighted by molar-refractivity contribution is 0.0951. The van der Waals surface area contributed by atoms with Crippen molar-refractivity contribution >= 4 is 28.8 Å². The van der Waals surface area contributed by atoms with E-state index in [2.05, 4.69) is 15.6 Å². The molecule has 2 aromatic heterocycles. The van der Waals surface area contributed by atoms with E-state index in [9.17, 15) is 9.59 Å². The van der Waals surface area contributed by atoms with Crippen molar-refractivity contribution in [3.63, 3.8) is 0 Å². The van der Waals surface area contributed by atoms with Crippen LogP contribution in [0.2, 0.25) is 5.02 Å². The number of hydrogen-bond donors (Lipinski definition) is 2. The van der Waals surface area contributed by atoms with Gasteiger partial charge < -0.3 is 20.1 Å². The number of anilines is 1. The first-order valence-corrected chi connectivity index (χ1v) is 10.6. The van der Waals surface area contributed by atoms with E-state index in [-0.39, 0.29) is 24.8 Å². The Hall–Kier alpha value is -4.04. The summed E-state index contributed by atoms with van der Waals surface area (Å²) in [4.78, 5) is 29.7. The fourth-order valence-electron chi connectivity index (χ4n) is 3.57. The van der Waals surface area contributed by atoms with E-state index >= 15 is 0 Å². The first kappa shape index (κ1) is 20.8. The molecule has 4 aromatic rings. The number of carbonyl (C=O) groups excluding carboxylic acids is 1. The van der Waals surface area contributed by atoms with Crippen LogP contribution in [-0.4, -0.2) is 22.1 Å². The van der Waals surface area contributed by atoms with Gasteiger partial charge in [-0.05, 0) is 42.0 Å². The number of rotatable bonds is 6. The smallest absolute Gasteiger partial charge is 0.258 e. The third-order valence-electron chi connectivity index (χ3n) is 5.20. The SMILES string of the molecule is O=C(NCc1ccc2c(c1)OCO2)c1ccccc1NCc1cc(=O)n2cc(Cl)ccc2n1. The van der Waals surface area contributed by atoms with Crippen LogP contribution in [0.5, 0.6) is 11.5 Å². The molecule has 0 aliphatic carbocycles. The predicted molar refractivity (Wildman–Crippen MR) is 124 cm³/mol. The largest absolute Gasteiger partial charge is 0.454 e. The Labute approximate surface area is 193 Å². The number of fused-ring (bicyclic) bond motifs is 2. The van der Waals surface area contributed by atoms with E-state index in [0.29, 0.717) is 45.7 Å². The third kappa shape index (κ3) is 4.47. The Morgan fingerprint density at radius 3 is 2.79 bits per heavy atom. The van der Waals surface area contributed by atoms with Gasteiger partial charge in [0.1, 0.15) is 5.65 Å². The van der Waals surface area contributed by atoms with Crippen LogP contribution in [0, 0.1) is 0 Å². The lowest BCUT2D eigenvalue weighted by atomic mass is 10.1. The number of carbonyl (C=O) groups is 1. The minimum absolute atomic E-state index is 0.205. The number of halogens is 1. The third-order valence-corrected chi connectivity index (χ3v) is 5.42. The van der Waals surface area contributed by atoms with Gasteiger partial charge in [0.2, 0.25) is 6.79 Å². The summed E-state index contributed by atoms with van der Waals surface area (Å²) in [5, 5.41) is 6.60. The van der Waals surface area contributed by atoms with Gasteiger partial charge in [-0.3, -0.25) is 14.0 Å². The summed E-state index contributed by atoms with van der Waals surface area (Å²) >= 11 is 5.96. The molecule has 0 saturated heterocycles. The van der Waals surface area contributed by atoms with Gasteiger partial charge in [0.15, 0.2) is 11.5 Å². The van der Waals surface area contributed by atoms with Crippen LogP contribution in [0.15, 0.2) is 71.7 Å². The van der Waals surface area contributed by atoms with Gasteiger partial charge in [-0.1, -0.05) is 29.8 Å². The van der Waals surface area contributed by atoms with Crippen molar-refractivity contribution in [1.29, 1.82) is 0 Å². The molecule has 1 amide bonds. The van der Waals surface area contributed by atoms with Crippen molar-refractivity contribution in [1.82, 2.24) is 14.7 Å². The Bertz CT molecular complexity index is 1420. The molecule has 1 aliphatic heterocycles. The molecule has 9 heteroatoms. The normalized spacial score (nSPS) is 12.0. The van der Waals surface area contributed by atoms with Crippen molar-refractivity contribution in [2.45, 2.75) is 13.1 Å². The van der Waals surface area contributed by atoms with Crippen molar-refractivity contribution in [3.05, 3.63) is 99.1 Å². The Morgan fingerprint density at radius 1 is 1.03 bits per heavy atom. The number of amides is 1. The van der Waals surface area contributed by atoms with Gasteiger partial charge >= 0.3 is 0 Å². The molecule has 33 heavy (non-hydrogen) atoms. The standard InChI is InChI=1S/C24H19ClN4O4/c25-16-6-8-22-28-17(10-23(30)29(22)13-16)12-26-19-4-2-1-3-18(19)24(31)27-11-15-5-7-20-21(9-15)33-14-32-20/h1-10,13,26H,11-12,14H2,(H,27,31). The summed E-state index contributed by atoms with van der Waals surface area (Å²) in [6.45, 7) is 0.826. The Kier molecular flexibility index (Phi) is 5.58. The summed E-state index contributed by atoms with van der Waals surface area (Å²) in [6.07, 6.45) is 1.53. The maximum atomic E-state index is 12.9. The van der Waals surface area contributed by atoms with Gasteiger partial charge in [0, 0.05) is 24.5 Å². The summed E-state index contributed by atoms with van der Waals surface area (Å²) in [7, 11) is 0. The maximum absolute atomic E-state index is 12.9. The molecule has 0 saturated carbocycles. The van der Waals surface area contributed by atoms with Gasteiger partial charge in [0.25, 0.3) is 11.5 Å². The Balaban J connectivity index is 1.28. The monoisotopic (exact) mass is 462 g/mol. The first-order chi connectivity index (χ1) is 16.1. The second-order valence-corrected chi connectivity index (χ2v) is 7.87. The van der Waals surface area contributed by atoms with Crippen molar-refractivity contribution in [2.24, 2.45) is 0 Å². The number of nitrogens with one attached hydrogen (secondary N) is 2. The van der Waals surface area contributed by atoms with Crippen LogP contribution in [0.3, 0.4) is 0 Å². The second-order valence-electron chi connectivity index (χ2n) is 7.43. The number of pyridine rings is 1. The van der Waals surface area contributed by atoms with Crippen molar-refractivity contribution in [3.8, 4) is 11.5 Å². The maximum Gasteiger partial charge on any atom is 0.258 e. The lowest BCUT2D eigenvalue weighted by Crippen LogP contribution is -2.24. The zero-order valence-corrected chi connectivity index (χ0v) is 18.1. The van der Waals surface area contributed by atoms with E-state index in [1.807, 2.05) is 30.3 Å².